The van der Waals surface area contributed by atoms with Gasteiger partial charge in [0.1, 0.15) is 11.5 Å². The van der Waals surface area contributed by atoms with Crippen molar-refractivity contribution < 1.29 is 14.3 Å². The van der Waals surface area contributed by atoms with Gasteiger partial charge in [0.2, 0.25) is 0 Å². The Morgan fingerprint density at radius 3 is 2.59 bits per heavy atom. The molecule has 1 amide bonds. The fraction of sp³-hybridized carbons (Fsp3) is 0.350. The first-order chi connectivity index (χ1) is 12.8. The van der Waals surface area contributed by atoms with Crippen LogP contribution >= 0.6 is 0 Å². The number of hydrogen-bond donors (Lipinski definition) is 1. The summed E-state index contributed by atoms with van der Waals surface area (Å²) in [5.74, 6) is 1.22. The quantitative estimate of drug-likeness (QED) is 0.749. The summed E-state index contributed by atoms with van der Waals surface area (Å²) in [6.45, 7) is 5.66. The minimum atomic E-state index is -0.275. The van der Waals surface area contributed by atoms with Crippen LogP contribution in [-0.4, -0.2) is 34.9 Å². The van der Waals surface area contributed by atoms with E-state index in [-0.39, 0.29) is 11.9 Å². The van der Waals surface area contributed by atoms with E-state index >= 15 is 0 Å². The third-order valence-electron chi connectivity index (χ3n) is 4.59. The summed E-state index contributed by atoms with van der Waals surface area (Å²) >= 11 is 0. The molecule has 0 saturated heterocycles. The fourth-order valence-electron chi connectivity index (χ4n) is 3.28. The third kappa shape index (κ3) is 3.45. The van der Waals surface area contributed by atoms with Gasteiger partial charge in [0, 0.05) is 18.3 Å². The number of ether oxygens (including phenoxy) is 2. The molecule has 1 unspecified atom stereocenters. The minimum Gasteiger partial charge on any atom is -0.497 e. The second-order valence-corrected chi connectivity index (χ2v) is 6.52. The van der Waals surface area contributed by atoms with E-state index in [1.165, 1.54) is 0 Å². The van der Waals surface area contributed by atoms with Crippen molar-refractivity contribution in [2.45, 2.75) is 26.8 Å². The smallest absolute Gasteiger partial charge is 0.252 e. The highest BCUT2D eigenvalue weighted by molar-refractivity contribution is 6.06. The van der Waals surface area contributed by atoms with E-state index in [2.05, 4.69) is 15.4 Å². The van der Waals surface area contributed by atoms with Gasteiger partial charge in [-0.05, 0) is 45.0 Å². The predicted molar refractivity (Wildman–Crippen MR) is 103 cm³/mol. The molecule has 7 heteroatoms. The van der Waals surface area contributed by atoms with Gasteiger partial charge >= 0.3 is 0 Å². The molecular formula is C20H24N4O3. The van der Waals surface area contributed by atoms with Gasteiger partial charge in [-0.3, -0.25) is 9.48 Å². The van der Waals surface area contributed by atoms with Crippen molar-refractivity contribution in [1.82, 2.24) is 20.1 Å². The molecule has 2 heterocycles. The SMILES string of the molecule is COc1ccc(OC)c(C(C)NC(=O)c2cc(C)nc3c2c(C)nn3C)c1. The van der Waals surface area contributed by atoms with Gasteiger partial charge in [-0.2, -0.15) is 5.10 Å². The molecule has 0 spiro atoms. The average Bonchev–Trinajstić information content (AvgIpc) is 2.94. The van der Waals surface area contributed by atoms with Crippen LogP contribution in [0, 0.1) is 13.8 Å². The number of fused-ring (bicyclic) bond motifs is 1. The van der Waals surface area contributed by atoms with E-state index < -0.39 is 0 Å². The molecule has 0 aliphatic heterocycles. The van der Waals surface area contributed by atoms with Gasteiger partial charge in [-0.1, -0.05) is 0 Å². The topological polar surface area (TPSA) is 78.3 Å². The van der Waals surface area contributed by atoms with E-state index in [9.17, 15) is 4.79 Å². The van der Waals surface area contributed by atoms with E-state index in [1.807, 2.05) is 46.0 Å². The molecule has 0 bridgehead atoms. The normalized spacial score (nSPS) is 12.1. The highest BCUT2D eigenvalue weighted by atomic mass is 16.5. The van der Waals surface area contributed by atoms with Crippen LogP contribution in [0.4, 0.5) is 0 Å². The van der Waals surface area contributed by atoms with E-state index in [1.54, 1.807) is 25.0 Å². The number of carbonyl (C=O) groups excluding carboxylic acids is 1. The Morgan fingerprint density at radius 2 is 1.93 bits per heavy atom. The van der Waals surface area contributed by atoms with Crippen molar-refractivity contribution in [1.29, 1.82) is 0 Å². The number of methoxy groups -OCH3 is 2. The highest BCUT2D eigenvalue weighted by Gasteiger charge is 2.21. The number of benzene rings is 1. The zero-order valence-corrected chi connectivity index (χ0v) is 16.5. The molecule has 1 aromatic carbocycles. The molecule has 0 aliphatic rings. The summed E-state index contributed by atoms with van der Waals surface area (Å²) in [4.78, 5) is 17.6. The molecule has 3 rings (SSSR count). The Morgan fingerprint density at radius 1 is 1.19 bits per heavy atom. The lowest BCUT2D eigenvalue weighted by Crippen LogP contribution is -2.27. The number of carbonyl (C=O) groups is 1. The zero-order valence-electron chi connectivity index (χ0n) is 16.5. The van der Waals surface area contributed by atoms with Gasteiger partial charge in [0.25, 0.3) is 5.91 Å². The first-order valence-electron chi connectivity index (χ1n) is 8.69. The van der Waals surface area contributed by atoms with Crippen molar-refractivity contribution in [3.63, 3.8) is 0 Å². The van der Waals surface area contributed by atoms with Gasteiger partial charge < -0.3 is 14.8 Å². The van der Waals surface area contributed by atoms with E-state index in [0.29, 0.717) is 22.7 Å². The number of aryl methyl sites for hydroxylation is 3. The van der Waals surface area contributed by atoms with Crippen LogP contribution in [0.2, 0.25) is 0 Å². The van der Waals surface area contributed by atoms with Crippen LogP contribution in [0.5, 0.6) is 11.5 Å². The number of aromatic nitrogens is 3. The Hall–Kier alpha value is -3.09. The lowest BCUT2D eigenvalue weighted by Gasteiger charge is -2.18. The van der Waals surface area contributed by atoms with Crippen molar-refractivity contribution in [3.05, 3.63) is 46.8 Å². The number of nitrogens with zero attached hydrogens (tertiary/aromatic N) is 3. The summed E-state index contributed by atoms with van der Waals surface area (Å²) < 4.78 is 12.4. The maximum atomic E-state index is 13.1. The molecule has 27 heavy (non-hydrogen) atoms. The third-order valence-corrected chi connectivity index (χ3v) is 4.59. The molecule has 0 fully saturated rings. The van der Waals surface area contributed by atoms with Gasteiger partial charge in [0.05, 0.1) is 36.9 Å². The maximum absolute atomic E-state index is 13.1. The van der Waals surface area contributed by atoms with Crippen LogP contribution < -0.4 is 14.8 Å². The van der Waals surface area contributed by atoms with Crippen molar-refractivity contribution in [3.8, 4) is 11.5 Å². The lowest BCUT2D eigenvalue weighted by atomic mass is 10.0. The predicted octanol–water partition coefficient (Wildman–Crippen LogP) is 3.09. The molecule has 0 aliphatic carbocycles. The van der Waals surface area contributed by atoms with Crippen LogP contribution in [0.1, 0.15) is 40.3 Å². The number of amides is 1. The summed E-state index contributed by atoms with van der Waals surface area (Å²) in [6.07, 6.45) is 0. The van der Waals surface area contributed by atoms with Gasteiger partial charge in [-0.25, -0.2) is 4.98 Å². The Balaban J connectivity index is 1.98. The molecule has 0 radical (unpaired) electrons. The largest absolute Gasteiger partial charge is 0.497 e. The van der Waals surface area contributed by atoms with Gasteiger partial charge in [0.15, 0.2) is 5.65 Å². The molecule has 3 aromatic rings. The molecule has 2 aromatic heterocycles. The fourth-order valence-corrected chi connectivity index (χ4v) is 3.28. The van der Waals surface area contributed by atoms with Crippen molar-refractivity contribution in [2.24, 2.45) is 7.05 Å². The monoisotopic (exact) mass is 368 g/mol. The van der Waals surface area contributed by atoms with Crippen LogP contribution in [0.25, 0.3) is 11.0 Å². The Kier molecular flexibility index (Phi) is 5.03. The second kappa shape index (κ2) is 7.26. The Bertz CT molecular complexity index is 1010. The second-order valence-electron chi connectivity index (χ2n) is 6.52. The minimum absolute atomic E-state index is 0.182. The summed E-state index contributed by atoms with van der Waals surface area (Å²) in [5.41, 5.74) is 3.65. The Labute approximate surface area is 158 Å². The van der Waals surface area contributed by atoms with Gasteiger partial charge in [-0.15, -0.1) is 0 Å². The maximum Gasteiger partial charge on any atom is 0.252 e. The van der Waals surface area contributed by atoms with Crippen LogP contribution in [0.15, 0.2) is 24.3 Å². The van der Waals surface area contributed by atoms with E-state index in [4.69, 9.17) is 9.47 Å². The molecular weight excluding hydrogens is 344 g/mol. The van der Waals surface area contributed by atoms with Crippen molar-refractivity contribution in [2.75, 3.05) is 14.2 Å². The molecule has 142 valence electrons. The first-order valence-corrected chi connectivity index (χ1v) is 8.69. The number of rotatable bonds is 5. The average molecular weight is 368 g/mol. The summed E-state index contributed by atoms with van der Waals surface area (Å²) in [6, 6.07) is 7.04. The highest BCUT2D eigenvalue weighted by Crippen LogP contribution is 2.30. The molecule has 0 saturated carbocycles. The summed E-state index contributed by atoms with van der Waals surface area (Å²) in [7, 11) is 5.04. The molecule has 1 N–H and O–H groups in total. The zero-order chi connectivity index (χ0) is 19.7. The summed E-state index contributed by atoms with van der Waals surface area (Å²) in [5, 5.41) is 8.22. The molecule has 1 atom stereocenters. The lowest BCUT2D eigenvalue weighted by molar-refractivity contribution is 0.0941. The first kappa shape index (κ1) is 18.7. The number of pyridine rings is 1. The molecule has 7 nitrogen and oxygen atoms in total. The van der Waals surface area contributed by atoms with E-state index in [0.717, 1.165) is 22.3 Å². The van der Waals surface area contributed by atoms with Crippen LogP contribution in [-0.2, 0) is 7.05 Å². The standard InChI is InChI=1S/C20H24N4O3/c1-11-9-16(18-13(3)23-24(4)19(18)21-11)20(25)22-12(2)15-10-14(26-5)7-8-17(15)27-6/h7-10,12H,1-6H3,(H,22,25). The van der Waals surface area contributed by atoms with Crippen molar-refractivity contribution >= 4 is 16.9 Å². The number of nitrogens with one attached hydrogen (secondary N) is 1. The van der Waals surface area contributed by atoms with Crippen LogP contribution in [0.3, 0.4) is 0 Å². The number of hydrogen-bond acceptors (Lipinski definition) is 5.